The Labute approximate surface area is 81.5 Å². The number of primary sulfonamides is 1. The van der Waals surface area contributed by atoms with Crippen LogP contribution in [0.3, 0.4) is 0 Å². The topological polar surface area (TPSA) is 78.0 Å². The third-order valence-electron chi connectivity index (χ3n) is 1.45. The van der Waals surface area contributed by atoms with E-state index in [4.69, 9.17) is 16.7 Å². The first-order chi connectivity index (χ1) is 5.96. The van der Waals surface area contributed by atoms with E-state index in [-0.39, 0.29) is 10.0 Å². The highest BCUT2D eigenvalue weighted by molar-refractivity contribution is 7.89. The second-order valence-corrected chi connectivity index (χ2v) is 4.45. The van der Waals surface area contributed by atoms with Gasteiger partial charge in [0, 0.05) is 6.54 Å². The summed E-state index contributed by atoms with van der Waals surface area (Å²) in [7, 11) is -3.77. The molecule has 0 aliphatic heterocycles. The lowest BCUT2D eigenvalue weighted by molar-refractivity contribution is 0.531. The van der Waals surface area contributed by atoms with Crippen molar-refractivity contribution in [3.8, 4) is 0 Å². The zero-order chi connectivity index (χ0) is 10.1. The number of sulfonamides is 1. The molecule has 1 aromatic heterocycles. The minimum atomic E-state index is -3.77. The summed E-state index contributed by atoms with van der Waals surface area (Å²) in [4.78, 5) is 0. The number of rotatable bonds is 3. The van der Waals surface area contributed by atoms with E-state index < -0.39 is 10.0 Å². The van der Waals surface area contributed by atoms with Gasteiger partial charge < -0.3 is 0 Å². The number of aromatic nitrogens is 2. The van der Waals surface area contributed by atoms with Gasteiger partial charge in [0.1, 0.15) is 0 Å². The molecule has 0 atom stereocenters. The van der Waals surface area contributed by atoms with Gasteiger partial charge in [-0.05, 0) is 6.42 Å². The quantitative estimate of drug-likeness (QED) is 0.815. The minimum absolute atomic E-state index is 0.0657. The highest BCUT2D eigenvalue weighted by Gasteiger charge is 2.19. The van der Waals surface area contributed by atoms with E-state index in [2.05, 4.69) is 5.10 Å². The lowest BCUT2D eigenvalue weighted by Crippen LogP contribution is -2.18. The number of nitrogens with two attached hydrogens (primary N) is 1. The highest BCUT2D eigenvalue weighted by Crippen LogP contribution is 2.19. The van der Waals surface area contributed by atoms with E-state index in [1.165, 1.54) is 10.9 Å². The molecule has 1 aromatic rings. The van der Waals surface area contributed by atoms with Gasteiger partial charge in [-0.15, -0.1) is 0 Å². The molecule has 0 radical (unpaired) electrons. The maximum absolute atomic E-state index is 11.0. The summed E-state index contributed by atoms with van der Waals surface area (Å²) in [6.45, 7) is 2.39. The van der Waals surface area contributed by atoms with E-state index in [0.717, 1.165) is 6.42 Å². The molecule has 0 aromatic carbocycles. The molecule has 13 heavy (non-hydrogen) atoms. The third-order valence-corrected chi connectivity index (χ3v) is 2.81. The van der Waals surface area contributed by atoms with Crippen molar-refractivity contribution >= 4 is 21.6 Å². The molecule has 0 spiro atoms. The van der Waals surface area contributed by atoms with Crippen molar-refractivity contribution in [3.05, 3.63) is 11.2 Å². The Balaban J connectivity index is 3.25. The van der Waals surface area contributed by atoms with Crippen molar-refractivity contribution in [2.24, 2.45) is 5.14 Å². The predicted octanol–water partition coefficient (Wildman–Crippen LogP) is 0.594. The van der Waals surface area contributed by atoms with E-state index in [0.29, 0.717) is 6.54 Å². The Morgan fingerprint density at radius 2 is 2.31 bits per heavy atom. The van der Waals surface area contributed by atoms with E-state index in [1.54, 1.807) is 0 Å². The van der Waals surface area contributed by atoms with Crippen molar-refractivity contribution in [2.75, 3.05) is 0 Å². The lowest BCUT2D eigenvalue weighted by atomic mass is 10.5. The molecule has 0 aliphatic carbocycles. The monoisotopic (exact) mass is 223 g/mol. The van der Waals surface area contributed by atoms with Gasteiger partial charge in [-0.3, -0.25) is 4.68 Å². The van der Waals surface area contributed by atoms with Gasteiger partial charge in [0.15, 0.2) is 5.03 Å². The van der Waals surface area contributed by atoms with Crippen LogP contribution in [-0.4, -0.2) is 18.2 Å². The van der Waals surface area contributed by atoms with Crippen LogP contribution in [0.2, 0.25) is 5.02 Å². The molecular weight excluding hydrogens is 214 g/mol. The zero-order valence-corrected chi connectivity index (χ0v) is 8.64. The Bertz CT molecular complexity index is 398. The van der Waals surface area contributed by atoms with Crippen LogP contribution in [0.1, 0.15) is 13.3 Å². The summed E-state index contributed by atoms with van der Waals surface area (Å²) >= 11 is 5.62. The average Bonchev–Trinajstić information content (AvgIpc) is 2.31. The summed E-state index contributed by atoms with van der Waals surface area (Å²) in [6, 6.07) is 0. The van der Waals surface area contributed by atoms with Crippen LogP contribution in [0.15, 0.2) is 11.2 Å². The summed E-state index contributed by atoms with van der Waals surface area (Å²) in [6.07, 6.45) is 2.04. The molecular formula is C6H10ClN3O2S. The predicted molar refractivity (Wildman–Crippen MR) is 48.9 cm³/mol. The van der Waals surface area contributed by atoms with Crippen LogP contribution < -0.4 is 5.14 Å². The first-order valence-corrected chi connectivity index (χ1v) is 5.63. The molecule has 0 fully saturated rings. The molecule has 0 aliphatic rings. The van der Waals surface area contributed by atoms with Gasteiger partial charge in [0.25, 0.3) is 10.0 Å². The molecule has 7 heteroatoms. The first-order valence-electron chi connectivity index (χ1n) is 3.71. The normalized spacial score (nSPS) is 11.9. The largest absolute Gasteiger partial charge is 0.256 e. The van der Waals surface area contributed by atoms with Crippen LogP contribution >= 0.6 is 11.6 Å². The third kappa shape index (κ3) is 2.20. The van der Waals surface area contributed by atoms with E-state index >= 15 is 0 Å². The highest BCUT2D eigenvalue weighted by atomic mass is 35.5. The first kappa shape index (κ1) is 10.5. The fourth-order valence-corrected chi connectivity index (χ4v) is 2.23. The van der Waals surface area contributed by atoms with Gasteiger partial charge >= 0.3 is 0 Å². The van der Waals surface area contributed by atoms with Crippen LogP contribution in [0, 0.1) is 0 Å². The van der Waals surface area contributed by atoms with E-state index in [1.807, 2.05) is 6.92 Å². The minimum Gasteiger partial charge on any atom is -0.252 e. The molecule has 0 unspecified atom stereocenters. The summed E-state index contributed by atoms with van der Waals surface area (Å²) < 4.78 is 23.4. The Morgan fingerprint density at radius 3 is 2.77 bits per heavy atom. The van der Waals surface area contributed by atoms with Gasteiger partial charge in [-0.2, -0.15) is 5.10 Å². The summed E-state index contributed by atoms with van der Waals surface area (Å²) in [5.74, 6) is 0. The second kappa shape index (κ2) is 3.65. The van der Waals surface area contributed by atoms with Crippen molar-refractivity contribution in [3.63, 3.8) is 0 Å². The standard InChI is InChI=1S/C6H10ClN3O2S/c1-2-3-10-6(13(8,11)12)5(7)4-9-10/h4H,2-3H2,1H3,(H2,8,11,12). The lowest BCUT2D eigenvalue weighted by Gasteiger charge is -2.03. The molecule has 74 valence electrons. The molecule has 2 N–H and O–H groups in total. The van der Waals surface area contributed by atoms with Crippen molar-refractivity contribution in [2.45, 2.75) is 24.9 Å². The van der Waals surface area contributed by atoms with Gasteiger partial charge in [-0.25, -0.2) is 13.6 Å². The summed E-state index contributed by atoms with van der Waals surface area (Å²) in [5.41, 5.74) is 0. The van der Waals surface area contributed by atoms with Crippen LogP contribution in [0.4, 0.5) is 0 Å². The van der Waals surface area contributed by atoms with Gasteiger partial charge in [0.2, 0.25) is 0 Å². The maximum Gasteiger partial charge on any atom is 0.256 e. The van der Waals surface area contributed by atoms with Crippen LogP contribution in [-0.2, 0) is 16.6 Å². The Hall–Kier alpha value is -0.590. The fourth-order valence-electron chi connectivity index (χ4n) is 1.01. The summed E-state index contributed by atoms with van der Waals surface area (Å²) in [5, 5.41) is 8.71. The maximum atomic E-state index is 11.0. The van der Waals surface area contributed by atoms with Gasteiger partial charge in [0.05, 0.1) is 11.2 Å². The second-order valence-electron chi connectivity index (χ2n) is 2.57. The molecule has 0 saturated carbocycles. The number of nitrogens with zero attached hydrogens (tertiary/aromatic N) is 2. The van der Waals surface area contributed by atoms with Crippen molar-refractivity contribution in [1.29, 1.82) is 0 Å². The van der Waals surface area contributed by atoms with Crippen LogP contribution in [0.25, 0.3) is 0 Å². The Morgan fingerprint density at radius 1 is 1.69 bits per heavy atom. The van der Waals surface area contributed by atoms with Crippen molar-refractivity contribution < 1.29 is 8.42 Å². The van der Waals surface area contributed by atoms with Crippen molar-refractivity contribution in [1.82, 2.24) is 9.78 Å². The molecule has 0 saturated heterocycles. The molecule has 1 heterocycles. The average molecular weight is 224 g/mol. The number of hydrogen-bond acceptors (Lipinski definition) is 3. The zero-order valence-electron chi connectivity index (χ0n) is 7.07. The number of halogens is 1. The number of hydrogen-bond donors (Lipinski definition) is 1. The SMILES string of the molecule is CCCn1ncc(Cl)c1S(N)(=O)=O. The number of aryl methyl sites for hydroxylation is 1. The molecule has 0 bridgehead atoms. The van der Waals surface area contributed by atoms with Gasteiger partial charge in [-0.1, -0.05) is 18.5 Å². The molecule has 0 amide bonds. The smallest absolute Gasteiger partial charge is 0.252 e. The van der Waals surface area contributed by atoms with E-state index in [9.17, 15) is 8.42 Å². The fraction of sp³-hybridized carbons (Fsp3) is 0.500. The molecule has 1 rings (SSSR count). The van der Waals surface area contributed by atoms with Crippen LogP contribution in [0.5, 0.6) is 0 Å². The Kier molecular flexibility index (Phi) is 2.94. The molecule has 5 nitrogen and oxygen atoms in total.